The fourth-order valence-electron chi connectivity index (χ4n) is 2.05. The Morgan fingerprint density at radius 2 is 2.13 bits per heavy atom. The first-order chi connectivity index (χ1) is 10.7. The van der Waals surface area contributed by atoms with Crippen molar-refractivity contribution >= 4 is 23.3 Å². The van der Waals surface area contributed by atoms with Gasteiger partial charge in [0.05, 0.1) is 12.5 Å². The Morgan fingerprint density at radius 1 is 1.43 bits per heavy atom. The molecular weight excluding hydrogens is 330 g/mol. The fourth-order valence-corrected chi connectivity index (χ4v) is 2.72. The number of primary amides is 1. The van der Waals surface area contributed by atoms with Crippen molar-refractivity contribution in [3.63, 3.8) is 0 Å². The highest BCUT2D eigenvalue weighted by molar-refractivity contribution is 7.07. The predicted octanol–water partition coefficient (Wildman–Crippen LogP) is 2.48. The summed E-state index contributed by atoms with van der Waals surface area (Å²) in [6.45, 7) is -0.107. The van der Waals surface area contributed by atoms with Crippen molar-refractivity contribution in [2.45, 2.75) is 39.0 Å². The minimum absolute atomic E-state index is 0.00185. The quantitative estimate of drug-likeness (QED) is 0.716. The van der Waals surface area contributed by atoms with E-state index in [9.17, 15) is 18.4 Å². The van der Waals surface area contributed by atoms with Gasteiger partial charge in [0.1, 0.15) is 5.60 Å². The van der Waals surface area contributed by atoms with Crippen LogP contribution in [0, 0.1) is 5.92 Å². The Morgan fingerprint density at radius 3 is 2.65 bits per heavy atom. The van der Waals surface area contributed by atoms with Gasteiger partial charge in [0.25, 0.3) is 0 Å². The van der Waals surface area contributed by atoms with Gasteiger partial charge in [-0.2, -0.15) is 20.1 Å². The topological polar surface area (TPSA) is 90.7 Å². The van der Waals surface area contributed by atoms with Gasteiger partial charge in [0.2, 0.25) is 5.91 Å². The van der Waals surface area contributed by atoms with Crippen molar-refractivity contribution in [2.24, 2.45) is 11.7 Å². The number of nitrogens with two attached hydrogens (primary N) is 1. The highest BCUT2D eigenvalue weighted by Crippen LogP contribution is 2.22. The summed E-state index contributed by atoms with van der Waals surface area (Å²) in [6, 6.07) is 1.84. The fraction of sp³-hybridized carbons (Fsp3) is 0.571. The first-order valence-corrected chi connectivity index (χ1v) is 7.81. The van der Waals surface area contributed by atoms with Crippen molar-refractivity contribution in [1.82, 2.24) is 5.32 Å². The molecule has 0 aromatic carbocycles. The zero-order chi connectivity index (χ0) is 17.5. The summed E-state index contributed by atoms with van der Waals surface area (Å²) in [6.07, 6.45) is -1.000. The van der Waals surface area contributed by atoms with E-state index in [-0.39, 0.29) is 13.0 Å². The maximum atomic E-state index is 12.3. The van der Waals surface area contributed by atoms with E-state index in [1.165, 1.54) is 11.3 Å². The lowest BCUT2D eigenvalue weighted by molar-refractivity contribution is -0.152. The second kappa shape index (κ2) is 8.78. The lowest BCUT2D eigenvalue weighted by atomic mass is 9.93. The van der Waals surface area contributed by atoms with Crippen molar-refractivity contribution in [3.05, 3.63) is 22.4 Å². The Balaban J connectivity index is 2.65. The van der Waals surface area contributed by atoms with Crippen LogP contribution in [-0.4, -0.2) is 30.8 Å². The summed E-state index contributed by atoms with van der Waals surface area (Å²) in [5.41, 5.74) is 4.79. The normalized spacial score (nSPS) is 12.9. The summed E-state index contributed by atoms with van der Waals surface area (Å²) in [5, 5.41) is 6.39. The lowest BCUT2D eigenvalue weighted by Crippen LogP contribution is -2.40. The maximum Gasteiger partial charge on any atom is 0.405 e. The molecule has 0 fully saturated rings. The van der Waals surface area contributed by atoms with Crippen LogP contribution in [0.3, 0.4) is 0 Å². The Hall–Kier alpha value is -1.74. The third-order valence-electron chi connectivity index (χ3n) is 2.96. The van der Waals surface area contributed by atoms with Crippen molar-refractivity contribution < 1.29 is 27.8 Å². The molecule has 6 nitrogen and oxygen atoms in total. The molecule has 0 bridgehead atoms. The lowest BCUT2D eigenvalue weighted by Gasteiger charge is -2.28. The molecule has 9 heteroatoms. The van der Waals surface area contributed by atoms with Gasteiger partial charge < -0.3 is 20.5 Å². The van der Waals surface area contributed by atoms with E-state index in [1.54, 1.807) is 13.8 Å². The smallest absolute Gasteiger partial charge is 0.405 e. The van der Waals surface area contributed by atoms with Gasteiger partial charge in [-0.15, -0.1) is 0 Å². The average Bonchev–Trinajstić information content (AvgIpc) is 2.92. The molecule has 0 saturated heterocycles. The number of ether oxygens (including phenoxy) is 2. The van der Waals surface area contributed by atoms with E-state index < -0.39 is 36.7 Å². The first kappa shape index (κ1) is 19.3. The minimum atomic E-state index is -2.98. The number of amides is 2. The van der Waals surface area contributed by atoms with Crippen LogP contribution in [0.1, 0.15) is 25.8 Å². The number of nitrogens with one attached hydrogen (secondary N) is 1. The van der Waals surface area contributed by atoms with Crippen molar-refractivity contribution in [3.8, 4) is 0 Å². The Bertz CT molecular complexity index is 509. The van der Waals surface area contributed by atoms with Gasteiger partial charge in [-0.05, 0) is 36.2 Å². The van der Waals surface area contributed by atoms with Gasteiger partial charge >= 0.3 is 12.7 Å². The monoisotopic (exact) mass is 350 g/mol. The molecule has 3 N–H and O–H groups in total. The standard InChI is InChI=1S/C14H20F2N2O4S/c1-14(2,22-13(17)20)5-10(7-21-12(15)16)11(19)18-6-9-3-4-23-8-9/h3-4,8,10,12H,5-7H2,1-2H3,(H2,17,20)(H,18,19). The molecule has 1 aromatic rings. The number of hydrogen-bond donors (Lipinski definition) is 2. The molecule has 0 spiro atoms. The first-order valence-electron chi connectivity index (χ1n) is 6.86. The van der Waals surface area contributed by atoms with E-state index in [0.29, 0.717) is 0 Å². The molecule has 1 unspecified atom stereocenters. The number of carbonyl (C=O) groups excluding carboxylic acids is 2. The number of rotatable bonds is 9. The van der Waals surface area contributed by atoms with E-state index >= 15 is 0 Å². The van der Waals surface area contributed by atoms with Gasteiger partial charge in [0, 0.05) is 13.0 Å². The van der Waals surface area contributed by atoms with Gasteiger partial charge in [-0.3, -0.25) is 4.79 Å². The number of halogens is 2. The molecule has 0 radical (unpaired) electrons. The van der Waals surface area contributed by atoms with Gasteiger partial charge in [-0.1, -0.05) is 0 Å². The van der Waals surface area contributed by atoms with Gasteiger partial charge in [-0.25, -0.2) is 4.79 Å². The molecule has 23 heavy (non-hydrogen) atoms. The van der Waals surface area contributed by atoms with Crippen LogP contribution in [0.2, 0.25) is 0 Å². The number of carbonyl (C=O) groups is 2. The second-order valence-corrected chi connectivity index (χ2v) is 6.31. The molecule has 130 valence electrons. The highest BCUT2D eigenvalue weighted by Gasteiger charge is 2.31. The zero-order valence-corrected chi connectivity index (χ0v) is 13.7. The van der Waals surface area contributed by atoms with E-state index in [4.69, 9.17) is 10.5 Å². The Labute approximate surface area is 136 Å². The van der Waals surface area contributed by atoms with Crippen LogP contribution >= 0.6 is 11.3 Å². The summed E-state index contributed by atoms with van der Waals surface area (Å²) in [4.78, 5) is 23.1. The summed E-state index contributed by atoms with van der Waals surface area (Å²) >= 11 is 1.48. The maximum absolute atomic E-state index is 12.3. The molecule has 1 heterocycles. The third-order valence-corrected chi connectivity index (χ3v) is 3.69. The number of alkyl halides is 2. The molecule has 1 atom stereocenters. The van der Waals surface area contributed by atoms with E-state index in [0.717, 1.165) is 5.56 Å². The van der Waals surface area contributed by atoms with Crippen LogP contribution in [0.4, 0.5) is 13.6 Å². The van der Waals surface area contributed by atoms with E-state index in [1.807, 2.05) is 16.8 Å². The second-order valence-electron chi connectivity index (χ2n) is 5.53. The van der Waals surface area contributed by atoms with E-state index in [2.05, 4.69) is 10.1 Å². The molecular formula is C14H20F2N2O4S. The van der Waals surface area contributed by atoms with Crippen molar-refractivity contribution in [1.29, 1.82) is 0 Å². The van der Waals surface area contributed by atoms with Crippen LogP contribution in [0.25, 0.3) is 0 Å². The minimum Gasteiger partial charge on any atom is -0.444 e. The molecule has 0 aliphatic carbocycles. The molecule has 1 aromatic heterocycles. The summed E-state index contributed by atoms with van der Waals surface area (Å²) in [5.74, 6) is -1.37. The largest absolute Gasteiger partial charge is 0.444 e. The zero-order valence-electron chi connectivity index (χ0n) is 12.9. The average molecular weight is 350 g/mol. The molecule has 1 rings (SSSR count). The summed E-state index contributed by atoms with van der Waals surface area (Å²) < 4.78 is 33.6. The molecule has 0 aliphatic heterocycles. The molecule has 2 amide bonds. The van der Waals surface area contributed by atoms with Crippen LogP contribution < -0.4 is 11.1 Å². The van der Waals surface area contributed by atoms with Crippen molar-refractivity contribution in [2.75, 3.05) is 6.61 Å². The third kappa shape index (κ3) is 7.89. The number of hydrogen-bond acceptors (Lipinski definition) is 5. The van der Waals surface area contributed by atoms with Crippen LogP contribution in [-0.2, 0) is 20.8 Å². The SMILES string of the molecule is CC(C)(CC(COC(F)F)C(=O)NCc1ccsc1)OC(N)=O. The molecule has 0 saturated carbocycles. The number of thiophene rings is 1. The Kier molecular flexibility index (Phi) is 7.37. The summed E-state index contributed by atoms with van der Waals surface area (Å²) in [7, 11) is 0. The highest BCUT2D eigenvalue weighted by atomic mass is 32.1. The van der Waals surface area contributed by atoms with Gasteiger partial charge in [0.15, 0.2) is 0 Å². The molecule has 0 aliphatic rings. The predicted molar refractivity (Wildman–Crippen MR) is 81.0 cm³/mol. The van der Waals surface area contributed by atoms with Crippen LogP contribution in [0.5, 0.6) is 0 Å². The van der Waals surface area contributed by atoms with Crippen LogP contribution in [0.15, 0.2) is 16.8 Å².